The molecule has 2 heterocycles. The van der Waals surface area contributed by atoms with Gasteiger partial charge >= 0.3 is 0 Å². The molecule has 1 fully saturated rings. The molecule has 0 aliphatic carbocycles. The molecule has 2 aliphatic rings. The molecule has 0 spiro atoms. The molecule has 6 heteroatoms. The van der Waals surface area contributed by atoms with Crippen molar-refractivity contribution in [3.8, 4) is 0 Å². The van der Waals surface area contributed by atoms with Gasteiger partial charge in [-0.25, -0.2) is 0 Å². The fraction of sp³-hybridized carbons (Fsp3) is 0.318. The van der Waals surface area contributed by atoms with Crippen LogP contribution in [0.1, 0.15) is 24.5 Å². The molecule has 2 aromatic rings. The van der Waals surface area contributed by atoms with Crippen molar-refractivity contribution in [3.05, 3.63) is 53.6 Å². The third kappa shape index (κ3) is 3.26. The van der Waals surface area contributed by atoms with Crippen LogP contribution in [-0.4, -0.2) is 30.8 Å². The molecule has 0 aromatic heterocycles. The minimum Gasteiger partial charge on any atom is -0.326 e. The molecular formula is C22H23N3O3. The van der Waals surface area contributed by atoms with Gasteiger partial charge < -0.3 is 15.1 Å². The zero-order valence-corrected chi connectivity index (χ0v) is 16.1. The average molecular weight is 377 g/mol. The summed E-state index contributed by atoms with van der Waals surface area (Å²) in [5.41, 5.74) is 4.54. The van der Waals surface area contributed by atoms with E-state index in [1.807, 2.05) is 49.4 Å². The van der Waals surface area contributed by atoms with Crippen LogP contribution >= 0.6 is 0 Å². The van der Waals surface area contributed by atoms with E-state index in [0.29, 0.717) is 13.1 Å². The van der Waals surface area contributed by atoms with Crippen LogP contribution in [0.25, 0.3) is 0 Å². The topological polar surface area (TPSA) is 69.7 Å². The molecule has 1 saturated heterocycles. The summed E-state index contributed by atoms with van der Waals surface area (Å²) in [4.78, 5) is 40.4. The van der Waals surface area contributed by atoms with Crippen molar-refractivity contribution in [1.29, 1.82) is 0 Å². The Labute approximate surface area is 164 Å². The first-order valence-electron chi connectivity index (χ1n) is 9.52. The number of hydrogen-bond donors (Lipinski definition) is 1. The second-order valence-corrected chi connectivity index (χ2v) is 7.44. The standard InChI is InChI=1S/C22H23N3O3/c1-14-5-3-4-6-19(14)23-22(28)17-12-21(27)25(13-17)18-7-8-20-16(11-18)9-10-24(20)15(2)26/h3-8,11,17H,9-10,12-13H2,1-2H3,(H,23,28)/t17-/m0/s1. The van der Waals surface area contributed by atoms with E-state index in [0.717, 1.165) is 34.6 Å². The van der Waals surface area contributed by atoms with E-state index in [4.69, 9.17) is 0 Å². The van der Waals surface area contributed by atoms with Gasteiger partial charge in [0.25, 0.3) is 0 Å². The van der Waals surface area contributed by atoms with Gasteiger partial charge in [0, 0.05) is 43.5 Å². The highest BCUT2D eigenvalue weighted by Crippen LogP contribution is 2.34. The highest BCUT2D eigenvalue weighted by Gasteiger charge is 2.36. The van der Waals surface area contributed by atoms with Gasteiger partial charge in [-0.15, -0.1) is 0 Å². The fourth-order valence-corrected chi connectivity index (χ4v) is 3.96. The largest absolute Gasteiger partial charge is 0.326 e. The molecule has 0 radical (unpaired) electrons. The van der Waals surface area contributed by atoms with E-state index in [-0.39, 0.29) is 30.1 Å². The van der Waals surface area contributed by atoms with E-state index in [1.54, 1.807) is 16.7 Å². The van der Waals surface area contributed by atoms with Crippen LogP contribution in [0.3, 0.4) is 0 Å². The van der Waals surface area contributed by atoms with Crippen LogP contribution in [0.5, 0.6) is 0 Å². The number of para-hydroxylation sites is 1. The molecule has 6 nitrogen and oxygen atoms in total. The monoisotopic (exact) mass is 377 g/mol. The average Bonchev–Trinajstić information content (AvgIpc) is 3.26. The SMILES string of the molecule is CC(=O)N1CCc2cc(N3C[C@@H](C(=O)Nc4ccccc4C)CC3=O)ccc21. The Morgan fingerprint density at radius 3 is 2.68 bits per heavy atom. The summed E-state index contributed by atoms with van der Waals surface area (Å²) in [5.74, 6) is -0.536. The van der Waals surface area contributed by atoms with Gasteiger partial charge in [-0.2, -0.15) is 0 Å². The fourth-order valence-electron chi connectivity index (χ4n) is 3.96. The van der Waals surface area contributed by atoms with Crippen LogP contribution in [0.4, 0.5) is 17.1 Å². The Morgan fingerprint density at radius 1 is 1.14 bits per heavy atom. The minimum absolute atomic E-state index is 0.0247. The normalized spacial score (nSPS) is 18.4. The van der Waals surface area contributed by atoms with Gasteiger partial charge in [0.05, 0.1) is 5.92 Å². The van der Waals surface area contributed by atoms with Crippen molar-refractivity contribution < 1.29 is 14.4 Å². The summed E-state index contributed by atoms with van der Waals surface area (Å²) in [5, 5.41) is 2.94. The summed E-state index contributed by atoms with van der Waals surface area (Å²) in [6.07, 6.45) is 0.982. The van der Waals surface area contributed by atoms with Gasteiger partial charge in [0.1, 0.15) is 0 Å². The Balaban J connectivity index is 1.49. The van der Waals surface area contributed by atoms with Crippen LogP contribution in [0.2, 0.25) is 0 Å². The summed E-state index contributed by atoms with van der Waals surface area (Å²) in [7, 11) is 0. The molecule has 4 rings (SSSR count). The highest BCUT2D eigenvalue weighted by molar-refractivity contribution is 6.04. The quantitative estimate of drug-likeness (QED) is 0.894. The van der Waals surface area contributed by atoms with E-state index in [1.165, 1.54) is 0 Å². The first kappa shape index (κ1) is 18.2. The van der Waals surface area contributed by atoms with Gasteiger partial charge in [-0.3, -0.25) is 14.4 Å². The van der Waals surface area contributed by atoms with Gasteiger partial charge in [-0.05, 0) is 48.7 Å². The number of nitrogens with zero attached hydrogens (tertiary/aromatic N) is 2. The van der Waals surface area contributed by atoms with Crippen LogP contribution in [0, 0.1) is 12.8 Å². The first-order valence-corrected chi connectivity index (χ1v) is 9.52. The number of anilines is 3. The van der Waals surface area contributed by atoms with Crippen molar-refractivity contribution in [2.45, 2.75) is 26.7 Å². The molecule has 0 bridgehead atoms. The molecular weight excluding hydrogens is 354 g/mol. The Morgan fingerprint density at radius 2 is 1.93 bits per heavy atom. The van der Waals surface area contributed by atoms with Crippen LogP contribution in [0.15, 0.2) is 42.5 Å². The first-order chi connectivity index (χ1) is 13.4. The van der Waals surface area contributed by atoms with Gasteiger partial charge in [0.15, 0.2) is 0 Å². The molecule has 3 amide bonds. The van der Waals surface area contributed by atoms with E-state index < -0.39 is 0 Å². The zero-order chi connectivity index (χ0) is 19.8. The Kier molecular flexibility index (Phi) is 4.63. The maximum Gasteiger partial charge on any atom is 0.229 e. The third-order valence-electron chi connectivity index (χ3n) is 5.55. The van der Waals surface area contributed by atoms with Crippen LogP contribution < -0.4 is 15.1 Å². The number of nitrogens with one attached hydrogen (secondary N) is 1. The van der Waals surface area contributed by atoms with E-state index >= 15 is 0 Å². The zero-order valence-electron chi connectivity index (χ0n) is 16.1. The maximum absolute atomic E-state index is 12.7. The third-order valence-corrected chi connectivity index (χ3v) is 5.55. The number of carbonyl (C=O) groups excluding carboxylic acids is 3. The predicted octanol–water partition coefficient (Wildman–Crippen LogP) is 2.90. The molecule has 1 N–H and O–H groups in total. The van der Waals surface area contributed by atoms with E-state index in [2.05, 4.69) is 5.32 Å². The molecule has 2 aromatic carbocycles. The van der Waals surface area contributed by atoms with Crippen molar-refractivity contribution in [2.75, 3.05) is 28.2 Å². The van der Waals surface area contributed by atoms with Crippen molar-refractivity contribution in [1.82, 2.24) is 0 Å². The predicted molar refractivity (Wildman–Crippen MR) is 108 cm³/mol. The number of fused-ring (bicyclic) bond motifs is 1. The number of rotatable bonds is 3. The summed E-state index contributed by atoms with van der Waals surface area (Å²) < 4.78 is 0. The summed E-state index contributed by atoms with van der Waals surface area (Å²) in [6.45, 7) is 4.54. The lowest BCUT2D eigenvalue weighted by Crippen LogP contribution is -2.28. The molecule has 1 atom stereocenters. The highest BCUT2D eigenvalue weighted by atomic mass is 16.2. The second-order valence-electron chi connectivity index (χ2n) is 7.44. The summed E-state index contributed by atoms with van der Waals surface area (Å²) in [6, 6.07) is 13.3. The lowest BCUT2D eigenvalue weighted by Gasteiger charge is -2.19. The number of carbonyl (C=O) groups is 3. The Bertz CT molecular complexity index is 969. The molecule has 144 valence electrons. The number of amides is 3. The lowest BCUT2D eigenvalue weighted by molar-refractivity contribution is -0.122. The van der Waals surface area contributed by atoms with Crippen molar-refractivity contribution >= 4 is 34.8 Å². The molecule has 28 heavy (non-hydrogen) atoms. The van der Waals surface area contributed by atoms with Crippen molar-refractivity contribution in [3.63, 3.8) is 0 Å². The number of benzene rings is 2. The lowest BCUT2D eigenvalue weighted by atomic mass is 10.1. The van der Waals surface area contributed by atoms with Gasteiger partial charge in [-0.1, -0.05) is 18.2 Å². The van der Waals surface area contributed by atoms with E-state index in [9.17, 15) is 14.4 Å². The molecule has 0 unspecified atom stereocenters. The smallest absolute Gasteiger partial charge is 0.229 e. The van der Waals surface area contributed by atoms with Crippen molar-refractivity contribution in [2.24, 2.45) is 5.92 Å². The molecule has 0 saturated carbocycles. The molecule has 2 aliphatic heterocycles. The number of hydrogen-bond acceptors (Lipinski definition) is 3. The van der Waals surface area contributed by atoms with Gasteiger partial charge in [0.2, 0.25) is 17.7 Å². The van der Waals surface area contributed by atoms with Crippen LogP contribution in [-0.2, 0) is 20.8 Å². The number of aryl methyl sites for hydroxylation is 1. The minimum atomic E-state index is -0.380. The second kappa shape index (κ2) is 7.11. The maximum atomic E-state index is 12.7. The Hall–Kier alpha value is -3.15. The summed E-state index contributed by atoms with van der Waals surface area (Å²) >= 11 is 0.